The zero-order valence-corrected chi connectivity index (χ0v) is 15.6. The molecule has 2 heterocycles. The van der Waals surface area contributed by atoms with Gasteiger partial charge in [0.05, 0.1) is 12.3 Å². The molecule has 0 saturated carbocycles. The average Bonchev–Trinajstić information content (AvgIpc) is 2.99. The predicted molar refractivity (Wildman–Crippen MR) is 96.5 cm³/mol. The lowest BCUT2D eigenvalue weighted by molar-refractivity contribution is 0.0764. The van der Waals surface area contributed by atoms with Gasteiger partial charge in [0.15, 0.2) is 23.1 Å². The minimum Gasteiger partial charge on any atom is -0.387 e. The van der Waals surface area contributed by atoms with Gasteiger partial charge in [0.2, 0.25) is 0 Å². The van der Waals surface area contributed by atoms with Crippen molar-refractivity contribution >= 4 is 17.3 Å². The number of nitrogens with zero attached hydrogens (tertiary/aromatic N) is 2. The molecule has 0 atom stereocenters. The number of rotatable bonds is 3. The van der Waals surface area contributed by atoms with Gasteiger partial charge in [-0.25, -0.2) is 13.2 Å². The van der Waals surface area contributed by atoms with Gasteiger partial charge in [-0.3, -0.25) is 4.79 Å². The molecule has 28 heavy (non-hydrogen) atoms. The van der Waals surface area contributed by atoms with Crippen molar-refractivity contribution in [3.05, 3.63) is 57.7 Å². The number of nitrogens with one attached hydrogen (secondary N) is 2. The summed E-state index contributed by atoms with van der Waals surface area (Å²) in [5.41, 5.74) is 1.89. The van der Waals surface area contributed by atoms with Crippen molar-refractivity contribution < 1.29 is 22.5 Å². The maximum Gasteiger partial charge on any atom is 0.276 e. The van der Waals surface area contributed by atoms with Crippen LogP contribution in [-0.4, -0.2) is 41.8 Å². The molecule has 2 aromatic rings. The molecule has 148 valence electrons. The van der Waals surface area contributed by atoms with Gasteiger partial charge in [0.25, 0.3) is 5.91 Å². The van der Waals surface area contributed by atoms with E-state index in [4.69, 9.17) is 9.93 Å². The second kappa shape index (κ2) is 7.49. The van der Waals surface area contributed by atoms with Crippen LogP contribution in [0, 0.1) is 36.7 Å². The lowest BCUT2D eigenvalue weighted by atomic mass is 9.95. The quantitative estimate of drug-likeness (QED) is 0.786. The fourth-order valence-corrected chi connectivity index (χ4v) is 3.15. The molecule has 0 bridgehead atoms. The molecule has 0 radical (unpaired) electrons. The van der Waals surface area contributed by atoms with E-state index in [2.05, 4.69) is 10.5 Å². The molecule has 9 heteroatoms. The maximum atomic E-state index is 13.6. The van der Waals surface area contributed by atoms with E-state index in [0.29, 0.717) is 29.1 Å². The fraction of sp³-hybridized carbons (Fsp3) is 0.316. The van der Waals surface area contributed by atoms with Crippen LogP contribution in [0.15, 0.2) is 22.2 Å². The number of aryl methyl sites for hydroxylation is 1. The van der Waals surface area contributed by atoms with E-state index in [-0.39, 0.29) is 35.8 Å². The summed E-state index contributed by atoms with van der Waals surface area (Å²) in [7, 11) is 1.55. The Labute approximate surface area is 159 Å². The monoisotopic (exact) mass is 392 g/mol. The molecular weight excluding hydrogens is 373 g/mol. The topological polar surface area (TPSA) is 82.2 Å². The summed E-state index contributed by atoms with van der Waals surface area (Å²) in [6.07, 6.45) is 0.289. The molecular formula is C19H19F3N4O2. The second-order valence-corrected chi connectivity index (χ2v) is 6.53. The first kappa shape index (κ1) is 19.7. The smallest absolute Gasteiger partial charge is 0.276 e. The minimum atomic E-state index is -1.54. The van der Waals surface area contributed by atoms with Crippen molar-refractivity contribution in [1.82, 2.24) is 15.4 Å². The average molecular weight is 392 g/mol. The van der Waals surface area contributed by atoms with Crippen LogP contribution >= 0.6 is 0 Å². The van der Waals surface area contributed by atoms with Crippen LogP contribution in [0.2, 0.25) is 0 Å². The summed E-state index contributed by atoms with van der Waals surface area (Å²) in [6, 6.07) is 1.76. The standard InChI is InChI=1S/C19H19F3N4O2/c1-9-10(2)28-25-17(9)19(27)26-5-4-12(15(23)8-26)18(24-3)11-6-13(20)16(22)14(21)7-11/h6-7,23-24H,4-5,8H2,1-3H3/b18-12-,23-15?. The number of carbonyl (C=O) groups is 1. The van der Waals surface area contributed by atoms with E-state index in [1.165, 1.54) is 4.90 Å². The highest BCUT2D eigenvalue weighted by Crippen LogP contribution is 2.26. The molecule has 1 saturated heterocycles. The number of aromatic nitrogens is 1. The van der Waals surface area contributed by atoms with Crippen LogP contribution in [-0.2, 0) is 0 Å². The SMILES string of the molecule is CN/C(=C1/CCN(C(=O)c2noc(C)c2C)CC1=N)c1cc(F)c(F)c(F)c1. The highest BCUT2D eigenvalue weighted by Gasteiger charge is 2.29. The molecule has 1 aliphatic rings. The molecule has 3 rings (SSSR count). The molecule has 2 N–H and O–H groups in total. The Hall–Kier alpha value is -3.10. The predicted octanol–water partition coefficient (Wildman–Crippen LogP) is 3.21. The highest BCUT2D eigenvalue weighted by atomic mass is 19.2. The van der Waals surface area contributed by atoms with Crippen LogP contribution in [0.25, 0.3) is 5.70 Å². The van der Waals surface area contributed by atoms with E-state index in [1.54, 1.807) is 20.9 Å². The first-order chi connectivity index (χ1) is 13.2. The fourth-order valence-electron chi connectivity index (χ4n) is 3.15. The minimum absolute atomic E-state index is 0.0108. The Kier molecular flexibility index (Phi) is 5.26. The number of piperidine rings is 1. The van der Waals surface area contributed by atoms with E-state index >= 15 is 0 Å². The highest BCUT2D eigenvalue weighted by molar-refractivity contribution is 6.08. The normalized spacial score (nSPS) is 16.4. The van der Waals surface area contributed by atoms with Crippen molar-refractivity contribution in [3.63, 3.8) is 0 Å². The summed E-state index contributed by atoms with van der Waals surface area (Å²) < 4.78 is 45.5. The third-order valence-electron chi connectivity index (χ3n) is 4.82. The first-order valence-corrected chi connectivity index (χ1v) is 8.60. The molecule has 1 aromatic heterocycles. The molecule has 1 aromatic carbocycles. The Bertz CT molecular complexity index is 974. The molecule has 1 fully saturated rings. The lowest BCUT2D eigenvalue weighted by Crippen LogP contribution is -2.42. The van der Waals surface area contributed by atoms with Crippen LogP contribution in [0.5, 0.6) is 0 Å². The number of carbonyl (C=O) groups excluding carboxylic acids is 1. The lowest BCUT2D eigenvalue weighted by Gasteiger charge is -2.30. The third-order valence-corrected chi connectivity index (χ3v) is 4.82. The molecule has 0 unspecified atom stereocenters. The summed E-state index contributed by atoms with van der Waals surface area (Å²) in [5.74, 6) is -3.95. The van der Waals surface area contributed by atoms with Crippen molar-refractivity contribution in [2.75, 3.05) is 20.1 Å². The second-order valence-electron chi connectivity index (χ2n) is 6.53. The molecule has 0 spiro atoms. The molecule has 6 nitrogen and oxygen atoms in total. The molecule has 1 amide bonds. The summed E-state index contributed by atoms with van der Waals surface area (Å²) >= 11 is 0. The van der Waals surface area contributed by atoms with Gasteiger partial charge < -0.3 is 20.1 Å². The van der Waals surface area contributed by atoms with Gasteiger partial charge in [-0.1, -0.05) is 5.16 Å². The van der Waals surface area contributed by atoms with Crippen molar-refractivity contribution in [2.45, 2.75) is 20.3 Å². The van der Waals surface area contributed by atoms with Gasteiger partial charge in [0.1, 0.15) is 5.76 Å². The zero-order valence-electron chi connectivity index (χ0n) is 15.6. The largest absolute Gasteiger partial charge is 0.387 e. The summed E-state index contributed by atoms with van der Waals surface area (Å²) in [5, 5.41) is 14.9. The Morgan fingerprint density at radius 2 is 1.89 bits per heavy atom. The van der Waals surface area contributed by atoms with Crippen LogP contribution in [0.4, 0.5) is 13.2 Å². The van der Waals surface area contributed by atoms with Gasteiger partial charge in [-0.2, -0.15) is 0 Å². The van der Waals surface area contributed by atoms with Crippen molar-refractivity contribution in [3.8, 4) is 0 Å². The summed E-state index contributed by atoms with van der Waals surface area (Å²) in [4.78, 5) is 14.1. The Morgan fingerprint density at radius 1 is 1.25 bits per heavy atom. The van der Waals surface area contributed by atoms with Crippen LogP contribution < -0.4 is 5.32 Å². The van der Waals surface area contributed by atoms with Gasteiger partial charge >= 0.3 is 0 Å². The number of likely N-dealkylation sites (tertiary alicyclic amines) is 1. The molecule has 1 aliphatic heterocycles. The number of hydrogen-bond donors (Lipinski definition) is 2. The van der Waals surface area contributed by atoms with Gasteiger partial charge in [-0.15, -0.1) is 0 Å². The van der Waals surface area contributed by atoms with Gasteiger partial charge in [0, 0.05) is 36.0 Å². The number of benzene rings is 1. The summed E-state index contributed by atoms with van der Waals surface area (Å²) in [6.45, 7) is 3.74. The molecule has 0 aliphatic carbocycles. The number of amides is 1. The third kappa shape index (κ3) is 3.39. The van der Waals surface area contributed by atoms with E-state index in [0.717, 1.165) is 12.1 Å². The number of hydrogen-bond acceptors (Lipinski definition) is 5. The Balaban J connectivity index is 1.88. The van der Waals surface area contributed by atoms with Crippen LogP contribution in [0.3, 0.4) is 0 Å². The van der Waals surface area contributed by atoms with Crippen LogP contribution in [0.1, 0.15) is 33.8 Å². The van der Waals surface area contributed by atoms with E-state index in [9.17, 15) is 18.0 Å². The number of halogens is 3. The van der Waals surface area contributed by atoms with Crippen molar-refractivity contribution in [1.29, 1.82) is 5.41 Å². The van der Waals surface area contributed by atoms with Crippen molar-refractivity contribution in [2.24, 2.45) is 0 Å². The van der Waals surface area contributed by atoms with Gasteiger partial charge in [-0.05, 0) is 32.4 Å². The van der Waals surface area contributed by atoms with E-state index < -0.39 is 17.5 Å². The maximum absolute atomic E-state index is 13.6. The zero-order chi connectivity index (χ0) is 20.6. The first-order valence-electron chi connectivity index (χ1n) is 8.60. The van der Waals surface area contributed by atoms with E-state index in [1.807, 2.05) is 0 Å². The Morgan fingerprint density at radius 3 is 2.39 bits per heavy atom.